The fourth-order valence-corrected chi connectivity index (χ4v) is 3.55. The third kappa shape index (κ3) is 4.49. The van der Waals surface area contributed by atoms with Gasteiger partial charge in [0.2, 0.25) is 15.9 Å². The van der Waals surface area contributed by atoms with E-state index in [1.807, 2.05) is 0 Å². The maximum absolute atomic E-state index is 13.2. The quantitative estimate of drug-likeness (QED) is 0.866. The number of sulfonamides is 1. The van der Waals surface area contributed by atoms with E-state index < -0.39 is 15.8 Å². The molecule has 1 aromatic rings. The van der Waals surface area contributed by atoms with Crippen LogP contribution in [-0.2, 0) is 19.6 Å². The number of piperidine rings is 1. The summed E-state index contributed by atoms with van der Waals surface area (Å²) in [7, 11) is -2.25. The largest absolute Gasteiger partial charge is 0.380 e. The lowest BCUT2D eigenvalue weighted by Gasteiger charge is -2.32. The van der Waals surface area contributed by atoms with Gasteiger partial charge in [0, 0.05) is 20.2 Å². The second-order valence-electron chi connectivity index (χ2n) is 5.58. The van der Waals surface area contributed by atoms with Gasteiger partial charge in [-0.2, -0.15) is 0 Å². The van der Waals surface area contributed by atoms with Crippen molar-refractivity contribution in [2.45, 2.75) is 30.8 Å². The molecule has 8 heteroatoms. The number of hydrogen-bond donors (Lipinski definition) is 1. The molecular formula is C15H21FN2O4S. The summed E-state index contributed by atoms with van der Waals surface area (Å²) >= 11 is 0. The van der Waals surface area contributed by atoms with E-state index in [9.17, 15) is 17.6 Å². The minimum atomic E-state index is -3.85. The number of halogens is 1. The van der Waals surface area contributed by atoms with Gasteiger partial charge in [-0.1, -0.05) is 0 Å². The van der Waals surface area contributed by atoms with Gasteiger partial charge >= 0.3 is 0 Å². The van der Waals surface area contributed by atoms with Crippen LogP contribution in [0.1, 0.15) is 18.4 Å². The van der Waals surface area contributed by atoms with Crippen molar-refractivity contribution in [1.82, 2.24) is 9.62 Å². The first-order valence-corrected chi connectivity index (χ1v) is 8.88. The Morgan fingerprint density at radius 3 is 2.87 bits per heavy atom. The van der Waals surface area contributed by atoms with Gasteiger partial charge in [0.05, 0.1) is 17.5 Å². The number of amides is 1. The number of ether oxygens (including phenoxy) is 1. The highest BCUT2D eigenvalue weighted by Crippen LogP contribution is 2.15. The van der Waals surface area contributed by atoms with Crippen LogP contribution in [0.25, 0.3) is 0 Å². The molecule has 1 aliphatic heterocycles. The lowest BCUT2D eigenvalue weighted by atomic mass is 10.1. The fourth-order valence-electron chi connectivity index (χ4n) is 2.49. The Bertz CT molecular complexity index is 678. The Kier molecular flexibility index (Phi) is 5.72. The number of nitrogens with zero attached hydrogens (tertiary/aromatic N) is 1. The lowest BCUT2D eigenvalue weighted by Crippen LogP contribution is -2.47. The van der Waals surface area contributed by atoms with Crippen molar-refractivity contribution < 1.29 is 22.3 Å². The average molecular weight is 344 g/mol. The molecule has 23 heavy (non-hydrogen) atoms. The normalized spacial score (nSPS) is 18.9. The molecule has 1 unspecified atom stereocenters. The first-order valence-electron chi connectivity index (χ1n) is 7.40. The number of aryl methyl sites for hydroxylation is 1. The molecule has 0 spiro atoms. The third-order valence-electron chi connectivity index (χ3n) is 3.92. The summed E-state index contributed by atoms with van der Waals surface area (Å²) in [5.41, 5.74) is 0.234. The molecule has 1 fully saturated rings. The number of benzene rings is 1. The molecule has 0 saturated carbocycles. The zero-order valence-electron chi connectivity index (χ0n) is 13.2. The van der Waals surface area contributed by atoms with Crippen LogP contribution < -0.4 is 4.72 Å². The number of carbonyl (C=O) groups excluding carboxylic acids is 1. The zero-order chi connectivity index (χ0) is 17.0. The van der Waals surface area contributed by atoms with Gasteiger partial charge in [0.1, 0.15) is 5.82 Å². The minimum Gasteiger partial charge on any atom is -0.380 e. The molecule has 1 N–H and O–H groups in total. The first-order chi connectivity index (χ1) is 10.8. The molecule has 1 saturated heterocycles. The van der Waals surface area contributed by atoms with Crippen LogP contribution in [0.2, 0.25) is 0 Å². The Morgan fingerprint density at radius 2 is 2.22 bits per heavy atom. The maximum Gasteiger partial charge on any atom is 0.241 e. The van der Waals surface area contributed by atoms with Gasteiger partial charge in [0.15, 0.2) is 0 Å². The Labute approximate surface area is 135 Å². The highest BCUT2D eigenvalue weighted by Gasteiger charge is 2.24. The van der Waals surface area contributed by atoms with Crippen molar-refractivity contribution in [3.63, 3.8) is 0 Å². The van der Waals surface area contributed by atoms with Crippen LogP contribution in [0.5, 0.6) is 0 Å². The lowest BCUT2D eigenvalue weighted by molar-refractivity contribution is -0.133. The van der Waals surface area contributed by atoms with E-state index in [0.717, 1.165) is 18.9 Å². The van der Waals surface area contributed by atoms with E-state index in [1.54, 1.807) is 12.0 Å². The van der Waals surface area contributed by atoms with Crippen molar-refractivity contribution in [2.75, 3.05) is 26.7 Å². The fraction of sp³-hybridized carbons (Fsp3) is 0.533. The molecule has 1 amide bonds. The van der Waals surface area contributed by atoms with E-state index in [4.69, 9.17) is 4.74 Å². The maximum atomic E-state index is 13.2. The standard InChI is InChI=1S/C15H21FN2O4S/c1-11-8-13(5-6-14(11)16)23(20,21)17-9-15(19)18-7-3-4-12(10-18)22-2/h5-6,8,12,17H,3-4,7,9-10H2,1-2H3. The summed E-state index contributed by atoms with van der Waals surface area (Å²) in [6, 6.07) is 3.51. The zero-order valence-corrected chi connectivity index (χ0v) is 14.0. The molecule has 0 radical (unpaired) electrons. The average Bonchev–Trinajstić information content (AvgIpc) is 2.55. The number of hydrogen-bond acceptors (Lipinski definition) is 4. The molecule has 128 valence electrons. The van der Waals surface area contributed by atoms with Gasteiger partial charge in [-0.15, -0.1) is 0 Å². The molecule has 1 heterocycles. The number of likely N-dealkylation sites (tertiary alicyclic amines) is 1. The van der Waals surface area contributed by atoms with Gasteiger partial charge < -0.3 is 9.64 Å². The van der Waals surface area contributed by atoms with Crippen molar-refractivity contribution in [1.29, 1.82) is 0 Å². The minimum absolute atomic E-state index is 0.0101. The first kappa shape index (κ1) is 17.8. The Morgan fingerprint density at radius 1 is 1.48 bits per heavy atom. The van der Waals surface area contributed by atoms with Crippen molar-refractivity contribution >= 4 is 15.9 Å². The van der Waals surface area contributed by atoms with E-state index in [2.05, 4.69) is 4.72 Å². The van der Waals surface area contributed by atoms with Crippen LogP contribution in [0, 0.1) is 12.7 Å². The molecule has 0 aliphatic carbocycles. The summed E-state index contributed by atoms with van der Waals surface area (Å²) < 4.78 is 45.1. The molecule has 0 aromatic heterocycles. The predicted octanol–water partition coefficient (Wildman–Crippen LogP) is 1.05. The summed E-state index contributed by atoms with van der Waals surface area (Å²) in [4.78, 5) is 13.7. The molecular weight excluding hydrogens is 323 g/mol. The van der Waals surface area contributed by atoms with Crippen LogP contribution >= 0.6 is 0 Å². The number of carbonyl (C=O) groups is 1. The highest BCUT2D eigenvalue weighted by atomic mass is 32.2. The van der Waals surface area contributed by atoms with Crippen molar-refractivity contribution in [3.05, 3.63) is 29.6 Å². The number of methoxy groups -OCH3 is 1. The predicted molar refractivity (Wildman–Crippen MR) is 82.9 cm³/mol. The van der Waals surface area contributed by atoms with E-state index in [1.165, 1.54) is 19.1 Å². The second-order valence-corrected chi connectivity index (χ2v) is 7.34. The van der Waals surface area contributed by atoms with E-state index in [0.29, 0.717) is 13.1 Å². The smallest absolute Gasteiger partial charge is 0.241 e. The van der Waals surface area contributed by atoms with Gasteiger partial charge in [0.25, 0.3) is 0 Å². The van der Waals surface area contributed by atoms with Gasteiger partial charge in [-0.05, 0) is 43.5 Å². The van der Waals surface area contributed by atoms with Gasteiger partial charge in [-0.25, -0.2) is 17.5 Å². The topological polar surface area (TPSA) is 75.7 Å². The van der Waals surface area contributed by atoms with Crippen molar-refractivity contribution in [2.24, 2.45) is 0 Å². The van der Waals surface area contributed by atoms with Crippen LogP contribution in [-0.4, -0.2) is 52.1 Å². The molecule has 1 aliphatic rings. The van der Waals surface area contributed by atoms with Gasteiger partial charge in [-0.3, -0.25) is 4.79 Å². The molecule has 6 nitrogen and oxygen atoms in total. The number of rotatable bonds is 5. The van der Waals surface area contributed by atoms with E-state index >= 15 is 0 Å². The second kappa shape index (κ2) is 7.37. The summed E-state index contributed by atoms with van der Waals surface area (Å²) in [6.07, 6.45) is 1.71. The molecule has 1 aromatic carbocycles. The third-order valence-corrected chi connectivity index (χ3v) is 5.32. The Balaban J connectivity index is 1.98. The molecule has 1 atom stereocenters. The van der Waals surface area contributed by atoms with Crippen molar-refractivity contribution in [3.8, 4) is 0 Å². The monoisotopic (exact) mass is 344 g/mol. The summed E-state index contributed by atoms with van der Waals surface area (Å²) in [5.74, 6) is -0.770. The summed E-state index contributed by atoms with van der Waals surface area (Å²) in [5, 5.41) is 0. The molecule has 2 rings (SSSR count). The molecule has 0 bridgehead atoms. The van der Waals surface area contributed by atoms with Crippen LogP contribution in [0.4, 0.5) is 4.39 Å². The highest BCUT2D eigenvalue weighted by molar-refractivity contribution is 7.89. The SMILES string of the molecule is COC1CCCN(C(=O)CNS(=O)(=O)c2ccc(F)c(C)c2)C1. The van der Waals surface area contributed by atoms with Crippen LogP contribution in [0.15, 0.2) is 23.1 Å². The summed E-state index contributed by atoms with van der Waals surface area (Å²) in [6.45, 7) is 2.22. The van der Waals surface area contributed by atoms with E-state index in [-0.39, 0.29) is 29.0 Å². The Hall–Kier alpha value is -1.51. The number of nitrogens with one attached hydrogen (secondary N) is 1. The van der Waals surface area contributed by atoms with Crippen LogP contribution in [0.3, 0.4) is 0 Å².